The number of hydrogen-bond acceptors (Lipinski definition) is 10. The van der Waals surface area contributed by atoms with Crippen LogP contribution < -0.4 is 30.7 Å². The van der Waals surface area contributed by atoms with Crippen LogP contribution in [0.2, 0.25) is 5.02 Å². The molecule has 10 rings (SSSR count). The van der Waals surface area contributed by atoms with Crippen LogP contribution in [0.3, 0.4) is 0 Å². The summed E-state index contributed by atoms with van der Waals surface area (Å²) in [5.41, 5.74) is 7.60. The Kier molecular flexibility index (Phi) is 14.5. The first-order valence-corrected chi connectivity index (χ1v) is 26.1. The van der Waals surface area contributed by atoms with Gasteiger partial charge in [0, 0.05) is 92.2 Å². The number of primary amides is 1. The van der Waals surface area contributed by atoms with Crippen molar-refractivity contribution in [3.63, 3.8) is 0 Å². The van der Waals surface area contributed by atoms with Gasteiger partial charge in [0.05, 0.1) is 22.7 Å². The highest BCUT2D eigenvalue weighted by Crippen LogP contribution is 2.56. The van der Waals surface area contributed by atoms with Crippen molar-refractivity contribution in [1.82, 2.24) is 30.2 Å². The van der Waals surface area contributed by atoms with Crippen molar-refractivity contribution < 1.29 is 42.5 Å². The van der Waals surface area contributed by atoms with E-state index < -0.39 is 40.1 Å². The van der Waals surface area contributed by atoms with Gasteiger partial charge >= 0.3 is 6.03 Å². The number of nitrogens with one attached hydrogen (secondary N) is 2. The van der Waals surface area contributed by atoms with Crippen LogP contribution in [0.4, 0.5) is 19.4 Å². The number of fused-ring (bicyclic) bond motifs is 2. The number of carbonyl (C=O) groups is 4. The molecule has 0 radical (unpaired) electrons. The zero-order chi connectivity index (χ0) is 51.1. The molecule has 18 heteroatoms. The lowest BCUT2D eigenvalue weighted by Crippen LogP contribution is -2.49. The van der Waals surface area contributed by atoms with Gasteiger partial charge in [-0.2, -0.15) is 5.10 Å². The number of piperidine rings is 2. The summed E-state index contributed by atoms with van der Waals surface area (Å²) in [6.07, 6.45) is 7.31. The van der Waals surface area contributed by atoms with Crippen molar-refractivity contribution in [3.8, 4) is 22.6 Å². The predicted molar refractivity (Wildman–Crippen MR) is 273 cm³/mol. The average molecular weight is 1020 g/mol. The van der Waals surface area contributed by atoms with E-state index in [0.717, 1.165) is 101 Å². The quantitative estimate of drug-likeness (QED) is 0.0858. The molecule has 1 saturated carbocycles. The topological polar surface area (TPSA) is 185 Å². The SMILES string of the molecule is CC1c2c(cc(F)c(Cl)c2-c2c(C(N)=O)ccc(OCCO)c2F)OC1(CNC1CCC(C(=O)N2CCC(CN3CCC(c4cccc5c(N6CCC(=O)NC6=O)nn(C)c45)CC3)CC2)CC1)c1ccccc1. The smallest absolute Gasteiger partial charge is 0.329 e. The van der Waals surface area contributed by atoms with Crippen molar-refractivity contribution in [1.29, 1.82) is 0 Å². The fourth-order valence-electron chi connectivity index (χ4n) is 12.4. The van der Waals surface area contributed by atoms with E-state index in [1.165, 1.54) is 23.8 Å². The number of anilines is 1. The number of para-hydroxylation sites is 1. The number of likely N-dealkylation sites (tertiary alicyclic amines) is 2. The van der Waals surface area contributed by atoms with E-state index in [4.69, 9.17) is 31.9 Å². The number of halogens is 3. The highest BCUT2D eigenvalue weighted by atomic mass is 35.5. The number of aliphatic hydroxyl groups excluding tert-OH is 1. The highest BCUT2D eigenvalue weighted by Gasteiger charge is 2.50. The molecule has 5 aromatic rings. The number of benzene rings is 4. The van der Waals surface area contributed by atoms with Crippen LogP contribution in [0.1, 0.15) is 104 Å². The molecule has 0 spiro atoms. The number of hydrogen-bond donors (Lipinski definition) is 4. The van der Waals surface area contributed by atoms with Gasteiger partial charge in [0.25, 0.3) is 0 Å². The number of aromatic nitrogens is 2. The number of rotatable bonds is 14. The molecule has 5 N–H and O–H groups in total. The van der Waals surface area contributed by atoms with Crippen LogP contribution in [0, 0.1) is 23.5 Å². The number of urea groups is 1. The zero-order valence-electron chi connectivity index (χ0n) is 41.3. The van der Waals surface area contributed by atoms with Gasteiger partial charge in [0.1, 0.15) is 18.2 Å². The molecule has 2 atom stereocenters. The number of ether oxygens (including phenoxy) is 2. The minimum Gasteiger partial charge on any atom is -0.488 e. The van der Waals surface area contributed by atoms with Gasteiger partial charge in [-0.25, -0.2) is 13.6 Å². The van der Waals surface area contributed by atoms with Crippen molar-refractivity contribution in [2.75, 3.05) is 63.9 Å². The lowest BCUT2D eigenvalue weighted by atomic mass is 9.77. The van der Waals surface area contributed by atoms with Gasteiger partial charge in [-0.3, -0.25) is 29.3 Å². The number of carbonyl (C=O) groups excluding carboxylic acids is 4. The summed E-state index contributed by atoms with van der Waals surface area (Å²) in [6, 6.07) is 19.2. The molecule has 1 aliphatic carbocycles. The molecule has 5 heterocycles. The van der Waals surface area contributed by atoms with Crippen molar-refractivity contribution in [2.24, 2.45) is 24.6 Å². The summed E-state index contributed by atoms with van der Waals surface area (Å²) >= 11 is 6.73. The number of nitrogens with zero attached hydrogens (tertiary/aromatic N) is 5. The van der Waals surface area contributed by atoms with Gasteiger partial charge < -0.3 is 35.4 Å². The van der Waals surface area contributed by atoms with E-state index >= 15 is 8.78 Å². The summed E-state index contributed by atoms with van der Waals surface area (Å²) in [6.45, 7) is 6.46. The van der Waals surface area contributed by atoms with Crippen molar-refractivity contribution in [2.45, 2.75) is 88.2 Å². The Morgan fingerprint density at radius 3 is 2.38 bits per heavy atom. The van der Waals surface area contributed by atoms with E-state index in [9.17, 15) is 24.3 Å². The standard InChI is InChI=1S/C55H63ClF2N8O7/c1-32-45-43(29-41(57)48(56)47(45)46-39(51(59)69)15-16-42(49(46)58)72-28-27-67)73-55(32,36-7-4-3-5-8-36)31-60-37-13-11-35(12-14-37)53(70)65-24-17-33(18-25-65)30-64-22-19-34(20-23-64)38-9-6-10-40-50(38)63(2)62-52(40)66-26-21-44(68)61-54(66)71/h3-10,15-16,29,32-35,37,60,67H,11-14,17-28,30-31H2,1-2H3,(H2,59,69)(H,61,68,71). The van der Waals surface area contributed by atoms with Gasteiger partial charge in [0.2, 0.25) is 17.7 Å². The van der Waals surface area contributed by atoms with Crippen LogP contribution in [-0.4, -0.2) is 114 Å². The van der Waals surface area contributed by atoms with Gasteiger partial charge in [0.15, 0.2) is 23.0 Å². The van der Waals surface area contributed by atoms with Crippen LogP contribution in [-0.2, 0) is 22.2 Å². The maximum absolute atomic E-state index is 16.5. The molecule has 4 aromatic carbocycles. The molecule has 386 valence electrons. The molecule has 5 aliphatic rings. The number of imide groups is 1. The first kappa shape index (κ1) is 50.4. The summed E-state index contributed by atoms with van der Waals surface area (Å²) < 4.78 is 46.5. The fraction of sp³-hybridized carbons (Fsp3) is 0.473. The Labute approximate surface area is 428 Å². The van der Waals surface area contributed by atoms with Gasteiger partial charge in [-0.05, 0) is 106 Å². The maximum Gasteiger partial charge on any atom is 0.329 e. The van der Waals surface area contributed by atoms with Crippen LogP contribution in [0.5, 0.6) is 11.5 Å². The Hall–Kier alpha value is -6.14. The molecule has 3 saturated heterocycles. The second kappa shape index (κ2) is 21.0. The Bertz CT molecular complexity index is 2920. The number of nitrogens with two attached hydrogens (primary N) is 1. The largest absolute Gasteiger partial charge is 0.488 e. The van der Waals surface area contributed by atoms with Crippen LogP contribution in [0.15, 0.2) is 66.7 Å². The molecule has 0 bridgehead atoms. The Balaban J connectivity index is 0.741. The molecule has 2 unspecified atom stereocenters. The number of amides is 5. The molecule has 4 fully saturated rings. The van der Waals surface area contributed by atoms with E-state index in [1.54, 1.807) is 4.90 Å². The highest BCUT2D eigenvalue weighted by molar-refractivity contribution is 6.34. The first-order chi connectivity index (χ1) is 35.3. The normalized spacial score (nSPS) is 23.1. The Morgan fingerprint density at radius 2 is 1.68 bits per heavy atom. The molecule has 4 aliphatic heterocycles. The summed E-state index contributed by atoms with van der Waals surface area (Å²) in [5.74, 6) is -2.02. The van der Waals surface area contributed by atoms with Crippen LogP contribution in [0.25, 0.3) is 22.0 Å². The molecule has 5 amide bonds. The molecular weight excluding hydrogens is 958 g/mol. The summed E-state index contributed by atoms with van der Waals surface area (Å²) in [4.78, 5) is 57.5. The minimum atomic E-state index is -1.10. The second-order valence-corrected chi connectivity index (χ2v) is 20.9. The third-order valence-electron chi connectivity index (χ3n) is 16.3. The van der Waals surface area contributed by atoms with E-state index in [-0.39, 0.29) is 71.6 Å². The third kappa shape index (κ3) is 9.65. The van der Waals surface area contributed by atoms with Gasteiger partial charge in [-0.15, -0.1) is 0 Å². The number of aliphatic hydroxyl groups is 1. The monoisotopic (exact) mass is 1020 g/mol. The van der Waals surface area contributed by atoms with Crippen molar-refractivity contribution in [3.05, 3.63) is 106 Å². The Morgan fingerprint density at radius 1 is 0.945 bits per heavy atom. The zero-order valence-corrected chi connectivity index (χ0v) is 42.1. The maximum atomic E-state index is 16.5. The predicted octanol–water partition coefficient (Wildman–Crippen LogP) is 7.75. The molecule has 15 nitrogen and oxygen atoms in total. The summed E-state index contributed by atoms with van der Waals surface area (Å²) in [7, 11) is 1.92. The van der Waals surface area contributed by atoms with E-state index in [0.29, 0.717) is 36.3 Å². The van der Waals surface area contributed by atoms with Crippen LogP contribution >= 0.6 is 11.6 Å². The first-order valence-electron chi connectivity index (χ1n) is 25.7. The van der Waals surface area contributed by atoms with Gasteiger partial charge in [-0.1, -0.05) is 61.0 Å². The lowest BCUT2D eigenvalue weighted by Gasteiger charge is -2.40. The lowest BCUT2D eigenvalue weighted by molar-refractivity contribution is -0.138. The van der Waals surface area contributed by atoms with E-state index in [1.807, 2.05) is 61.1 Å². The van der Waals surface area contributed by atoms with Crippen molar-refractivity contribution >= 4 is 52.1 Å². The summed E-state index contributed by atoms with van der Waals surface area (Å²) in [5, 5.41) is 20.8. The third-order valence-corrected chi connectivity index (χ3v) is 16.6. The molecule has 1 aromatic heterocycles. The second-order valence-electron chi connectivity index (χ2n) is 20.5. The molecular formula is C55H63ClF2N8O7. The van der Waals surface area contributed by atoms with E-state index in [2.05, 4.69) is 26.5 Å². The molecule has 73 heavy (non-hydrogen) atoms. The minimum absolute atomic E-state index is 0.0502. The number of aryl methyl sites for hydroxylation is 1. The average Bonchev–Trinajstić information content (AvgIpc) is 3.88. The fourth-order valence-corrected chi connectivity index (χ4v) is 12.6.